The second-order valence-corrected chi connectivity index (χ2v) is 6.19. The topological polar surface area (TPSA) is 15.3 Å². The van der Waals surface area contributed by atoms with Crippen molar-refractivity contribution in [3.63, 3.8) is 0 Å². The third-order valence-corrected chi connectivity index (χ3v) is 4.65. The Morgan fingerprint density at radius 1 is 1.25 bits per heavy atom. The van der Waals surface area contributed by atoms with Gasteiger partial charge in [-0.05, 0) is 31.7 Å². The van der Waals surface area contributed by atoms with Crippen LogP contribution in [0.15, 0.2) is 30.3 Å². The van der Waals surface area contributed by atoms with E-state index < -0.39 is 0 Å². The van der Waals surface area contributed by atoms with Gasteiger partial charge in [-0.3, -0.25) is 4.90 Å². The summed E-state index contributed by atoms with van der Waals surface area (Å²) in [5.74, 6) is 0. The molecule has 0 aromatic heterocycles. The van der Waals surface area contributed by atoms with Crippen LogP contribution in [0.1, 0.15) is 45.6 Å². The molecule has 3 unspecified atom stereocenters. The number of nitrogens with zero attached hydrogens (tertiary/aromatic N) is 1. The van der Waals surface area contributed by atoms with Crippen LogP contribution in [-0.4, -0.2) is 36.1 Å². The minimum atomic E-state index is 0.597. The summed E-state index contributed by atoms with van der Waals surface area (Å²) in [6, 6.07) is 12.9. The molecule has 0 amide bonds. The fourth-order valence-corrected chi connectivity index (χ4v) is 3.30. The van der Waals surface area contributed by atoms with Crippen molar-refractivity contribution in [1.82, 2.24) is 10.2 Å². The molecular formula is C18H30N2. The first-order chi connectivity index (χ1) is 9.74. The highest BCUT2D eigenvalue weighted by atomic mass is 15.2. The lowest BCUT2D eigenvalue weighted by atomic mass is 9.97. The summed E-state index contributed by atoms with van der Waals surface area (Å²) in [4.78, 5) is 2.74. The van der Waals surface area contributed by atoms with Crippen molar-refractivity contribution in [2.24, 2.45) is 0 Å². The smallest absolute Gasteiger partial charge is 0.0236 e. The first-order valence-electron chi connectivity index (χ1n) is 8.27. The molecule has 0 aliphatic carbocycles. The molecule has 2 nitrogen and oxygen atoms in total. The summed E-state index contributed by atoms with van der Waals surface area (Å²) < 4.78 is 0. The van der Waals surface area contributed by atoms with Crippen molar-refractivity contribution in [2.75, 3.05) is 13.1 Å². The van der Waals surface area contributed by atoms with E-state index in [4.69, 9.17) is 0 Å². The van der Waals surface area contributed by atoms with Crippen LogP contribution in [0.4, 0.5) is 0 Å². The molecule has 3 atom stereocenters. The van der Waals surface area contributed by atoms with E-state index in [1.54, 1.807) is 0 Å². The van der Waals surface area contributed by atoms with Crippen LogP contribution in [0.25, 0.3) is 0 Å². The lowest BCUT2D eigenvalue weighted by Gasteiger charge is -2.44. The highest BCUT2D eigenvalue weighted by molar-refractivity contribution is 5.16. The lowest BCUT2D eigenvalue weighted by Crippen LogP contribution is -2.59. The molecule has 1 aliphatic heterocycles. The predicted molar refractivity (Wildman–Crippen MR) is 87.1 cm³/mol. The van der Waals surface area contributed by atoms with E-state index in [1.807, 2.05) is 0 Å². The van der Waals surface area contributed by atoms with Gasteiger partial charge in [0.1, 0.15) is 0 Å². The van der Waals surface area contributed by atoms with Gasteiger partial charge in [-0.15, -0.1) is 0 Å². The van der Waals surface area contributed by atoms with Gasteiger partial charge < -0.3 is 5.32 Å². The van der Waals surface area contributed by atoms with Gasteiger partial charge in [0.05, 0.1) is 0 Å². The van der Waals surface area contributed by atoms with Crippen molar-refractivity contribution >= 4 is 0 Å². The van der Waals surface area contributed by atoms with Crippen LogP contribution in [0.2, 0.25) is 0 Å². The maximum absolute atomic E-state index is 3.77. The van der Waals surface area contributed by atoms with Crippen molar-refractivity contribution in [3.8, 4) is 0 Å². The van der Waals surface area contributed by atoms with E-state index in [1.165, 1.54) is 31.4 Å². The van der Waals surface area contributed by atoms with Crippen molar-refractivity contribution in [1.29, 1.82) is 0 Å². The van der Waals surface area contributed by atoms with E-state index in [2.05, 4.69) is 61.3 Å². The van der Waals surface area contributed by atoms with Gasteiger partial charge in [0.2, 0.25) is 0 Å². The SMILES string of the molecule is CCCC1CNC(Cc2ccccc2)CN1C(C)CC. The summed E-state index contributed by atoms with van der Waals surface area (Å²) in [5, 5.41) is 3.77. The van der Waals surface area contributed by atoms with Crippen LogP contribution in [0.5, 0.6) is 0 Å². The van der Waals surface area contributed by atoms with Crippen LogP contribution < -0.4 is 5.32 Å². The number of benzene rings is 1. The molecule has 0 saturated carbocycles. The number of nitrogens with one attached hydrogen (secondary N) is 1. The highest BCUT2D eigenvalue weighted by Crippen LogP contribution is 2.19. The van der Waals surface area contributed by atoms with Gasteiger partial charge in [-0.25, -0.2) is 0 Å². The van der Waals surface area contributed by atoms with Gasteiger partial charge in [-0.1, -0.05) is 50.6 Å². The Bertz CT molecular complexity index is 376. The number of hydrogen-bond donors (Lipinski definition) is 1. The number of rotatable bonds is 6. The van der Waals surface area contributed by atoms with Crippen molar-refractivity contribution in [3.05, 3.63) is 35.9 Å². The fourth-order valence-electron chi connectivity index (χ4n) is 3.30. The Morgan fingerprint density at radius 3 is 2.65 bits per heavy atom. The molecule has 1 saturated heterocycles. The third kappa shape index (κ3) is 4.07. The Balaban J connectivity index is 1.97. The van der Waals surface area contributed by atoms with E-state index in [9.17, 15) is 0 Å². The molecule has 2 heteroatoms. The van der Waals surface area contributed by atoms with Gasteiger partial charge in [0.25, 0.3) is 0 Å². The molecule has 1 aromatic carbocycles. The van der Waals surface area contributed by atoms with Gasteiger partial charge >= 0.3 is 0 Å². The summed E-state index contributed by atoms with van der Waals surface area (Å²) in [5.41, 5.74) is 1.45. The van der Waals surface area contributed by atoms with Gasteiger partial charge in [-0.2, -0.15) is 0 Å². The number of piperazine rings is 1. The fraction of sp³-hybridized carbons (Fsp3) is 0.667. The third-order valence-electron chi connectivity index (χ3n) is 4.65. The van der Waals surface area contributed by atoms with Crippen LogP contribution in [0, 0.1) is 0 Å². The molecule has 1 aliphatic rings. The Kier molecular flexibility index (Phi) is 6.06. The van der Waals surface area contributed by atoms with E-state index in [0.717, 1.165) is 19.0 Å². The first kappa shape index (κ1) is 15.5. The zero-order valence-corrected chi connectivity index (χ0v) is 13.3. The van der Waals surface area contributed by atoms with Gasteiger partial charge in [0, 0.05) is 31.2 Å². The molecular weight excluding hydrogens is 244 g/mol. The quantitative estimate of drug-likeness (QED) is 0.854. The molecule has 1 aromatic rings. The second kappa shape index (κ2) is 7.80. The summed E-state index contributed by atoms with van der Waals surface area (Å²) in [7, 11) is 0. The largest absolute Gasteiger partial charge is 0.311 e. The molecule has 2 rings (SSSR count). The predicted octanol–water partition coefficient (Wildman–Crippen LogP) is 3.47. The summed E-state index contributed by atoms with van der Waals surface area (Å²) in [6.45, 7) is 9.32. The maximum atomic E-state index is 3.77. The lowest BCUT2D eigenvalue weighted by molar-refractivity contribution is 0.0811. The van der Waals surface area contributed by atoms with Crippen LogP contribution >= 0.6 is 0 Å². The number of hydrogen-bond acceptors (Lipinski definition) is 2. The first-order valence-corrected chi connectivity index (χ1v) is 8.27. The second-order valence-electron chi connectivity index (χ2n) is 6.19. The zero-order valence-electron chi connectivity index (χ0n) is 13.3. The molecule has 1 N–H and O–H groups in total. The van der Waals surface area contributed by atoms with Crippen LogP contribution in [-0.2, 0) is 6.42 Å². The van der Waals surface area contributed by atoms with E-state index in [0.29, 0.717) is 12.1 Å². The normalized spacial score (nSPS) is 25.6. The molecule has 112 valence electrons. The van der Waals surface area contributed by atoms with Crippen molar-refractivity contribution < 1.29 is 0 Å². The van der Waals surface area contributed by atoms with E-state index >= 15 is 0 Å². The minimum Gasteiger partial charge on any atom is -0.311 e. The highest BCUT2D eigenvalue weighted by Gasteiger charge is 2.29. The average molecular weight is 274 g/mol. The van der Waals surface area contributed by atoms with E-state index in [-0.39, 0.29) is 0 Å². The molecule has 20 heavy (non-hydrogen) atoms. The Hall–Kier alpha value is -0.860. The zero-order chi connectivity index (χ0) is 14.4. The Labute approximate surface area is 124 Å². The molecule has 0 radical (unpaired) electrons. The van der Waals surface area contributed by atoms with Gasteiger partial charge in [0.15, 0.2) is 0 Å². The maximum Gasteiger partial charge on any atom is 0.0236 e. The molecule has 1 fully saturated rings. The van der Waals surface area contributed by atoms with Crippen LogP contribution in [0.3, 0.4) is 0 Å². The molecule has 1 heterocycles. The average Bonchev–Trinajstić information content (AvgIpc) is 2.49. The summed E-state index contributed by atoms with van der Waals surface area (Å²) in [6.07, 6.45) is 4.99. The Morgan fingerprint density at radius 2 is 2.00 bits per heavy atom. The summed E-state index contributed by atoms with van der Waals surface area (Å²) >= 11 is 0. The molecule has 0 bridgehead atoms. The minimum absolute atomic E-state index is 0.597. The standard InChI is InChI=1S/C18H30N2/c1-4-9-18-13-19-17(14-20(18)15(3)5-2)12-16-10-7-6-8-11-16/h6-8,10-11,15,17-19H,4-5,9,12-14H2,1-3H3. The van der Waals surface area contributed by atoms with Crippen molar-refractivity contribution in [2.45, 2.75) is 64.6 Å². The monoisotopic (exact) mass is 274 g/mol. The molecule has 0 spiro atoms.